The van der Waals surface area contributed by atoms with Crippen molar-refractivity contribution in [3.63, 3.8) is 0 Å². The molecule has 3 aromatic carbocycles. The first-order valence-electron chi connectivity index (χ1n) is 9.80. The molecule has 3 aromatic rings. The Balaban J connectivity index is 1.83. The molecule has 6 heteroatoms. The minimum absolute atomic E-state index is 0.00523. The van der Waals surface area contributed by atoms with Gasteiger partial charge in [-0.2, -0.15) is 0 Å². The zero-order valence-electron chi connectivity index (χ0n) is 17.1. The number of hydrogen-bond donors (Lipinski definition) is 1. The van der Waals surface area contributed by atoms with Crippen molar-refractivity contribution < 1.29 is 9.72 Å². The fourth-order valence-corrected chi connectivity index (χ4v) is 3.68. The Kier molecular flexibility index (Phi) is 4.78. The number of hydrogen-bond acceptors (Lipinski definition) is 4. The number of non-ortho nitro benzene ring substituents is 1. The van der Waals surface area contributed by atoms with Gasteiger partial charge in [-0.25, -0.2) is 0 Å². The van der Waals surface area contributed by atoms with Crippen molar-refractivity contribution >= 4 is 23.0 Å². The van der Waals surface area contributed by atoms with Crippen LogP contribution in [-0.2, 0) is 5.41 Å². The molecule has 152 valence electrons. The van der Waals surface area contributed by atoms with E-state index >= 15 is 0 Å². The summed E-state index contributed by atoms with van der Waals surface area (Å²) in [6.07, 6.45) is -0.562. The van der Waals surface area contributed by atoms with Crippen LogP contribution in [0.15, 0.2) is 72.8 Å². The van der Waals surface area contributed by atoms with E-state index < -0.39 is 11.1 Å². The lowest BCUT2D eigenvalue weighted by molar-refractivity contribution is -0.384. The predicted octanol–water partition coefficient (Wildman–Crippen LogP) is 5.66. The molecule has 1 aliphatic rings. The highest BCUT2D eigenvalue weighted by Gasteiger charge is 2.34. The molecular weight excluding hydrogens is 378 g/mol. The van der Waals surface area contributed by atoms with E-state index in [-0.39, 0.29) is 17.0 Å². The van der Waals surface area contributed by atoms with Crippen LogP contribution in [0.1, 0.15) is 48.4 Å². The summed E-state index contributed by atoms with van der Waals surface area (Å²) in [5.74, 6) is -0.149. The van der Waals surface area contributed by atoms with Gasteiger partial charge in [0.15, 0.2) is 0 Å². The van der Waals surface area contributed by atoms with E-state index in [9.17, 15) is 14.9 Å². The van der Waals surface area contributed by atoms with Crippen LogP contribution < -0.4 is 10.2 Å². The molecule has 4 rings (SSSR count). The summed E-state index contributed by atoms with van der Waals surface area (Å²) in [5.41, 5.74) is 3.80. The maximum atomic E-state index is 13.5. The van der Waals surface area contributed by atoms with Crippen LogP contribution in [0.3, 0.4) is 0 Å². The molecule has 1 atom stereocenters. The van der Waals surface area contributed by atoms with Crippen LogP contribution >= 0.6 is 0 Å². The predicted molar refractivity (Wildman–Crippen MR) is 118 cm³/mol. The average molecular weight is 401 g/mol. The quantitative estimate of drug-likeness (QED) is 0.454. The summed E-state index contributed by atoms with van der Waals surface area (Å²) in [7, 11) is 0. The lowest BCUT2D eigenvalue weighted by atomic mass is 9.87. The summed E-state index contributed by atoms with van der Waals surface area (Å²) < 4.78 is 0. The number of nitro groups is 1. The Morgan fingerprint density at radius 3 is 2.33 bits per heavy atom. The van der Waals surface area contributed by atoms with Crippen molar-refractivity contribution in [3.05, 3.63) is 99.6 Å². The largest absolute Gasteiger partial charge is 0.360 e. The summed E-state index contributed by atoms with van der Waals surface area (Å²) in [6, 6.07) is 21.6. The van der Waals surface area contributed by atoms with Crippen molar-refractivity contribution in [2.24, 2.45) is 0 Å². The number of anilines is 2. The molecule has 1 heterocycles. The number of carbonyl (C=O) groups excluding carboxylic acids is 1. The van der Waals surface area contributed by atoms with E-state index in [1.807, 2.05) is 42.5 Å². The number of nitrogens with one attached hydrogen (secondary N) is 1. The van der Waals surface area contributed by atoms with Crippen molar-refractivity contribution in [1.29, 1.82) is 0 Å². The van der Waals surface area contributed by atoms with Gasteiger partial charge in [-0.3, -0.25) is 19.8 Å². The normalized spacial score (nSPS) is 16.0. The third kappa shape index (κ3) is 3.52. The number of amides is 1. The van der Waals surface area contributed by atoms with Crippen LogP contribution in [-0.4, -0.2) is 10.8 Å². The fraction of sp³-hybridized carbons (Fsp3) is 0.208. The second-order valence-corrected chi connectivity index (χ2v) is 8.42. The topological polar surface area (TPSA) is 75.5 Å². The monoisotopic (exact) mass is 401 g/mol. The third-order valence-electron chi connectivity index (χ3n) is 5.33. The number of rotatable bonds is 3. The van der Waals surface area contributed by atoms with E-state index in [4.69, 9.17) is 0 Å². The molecule has 0 radical (unpaired) electrons. The van der Waals surface area contributed by atoms with Crippen molar-refractivity contribution in [2.75, 3.05) is 10.2 Å². The summed E-state index contributed by atoms with van der Waals surface area (Å²) in [6.45, 7) is 6.41. The molecular formula is C24H23N3O3. The Morgan fingerprint density at radius 1 is 0.967 bits per heavy atom. The molecule has 0 saturated carbocycles. The van der Waals surface area contributed by atoms with Gasteiger partial charge in [-0.05, 0) is 35.2 Å². The summed E-state index contributed by atoms with van der Waals surface area (Å²) in [5, 5.41) is 14.7. The SMILES string of the molecule is CC(C)(C)c1ccc(N2C(=O)c3ccccc3N[C@H]2c2cccc([N+](=O)[O-])c2)cc1. The van der Waals surface area contributed by atoms with Gasteiger partial charge in [0, 0.05) is 29.1 Å². The Hall–Kier alpha value is -3.67. The second kappa shape index (κ2) is 7.30. The maximum absolute atomic E-state index is 13.5. The number of nitrogens with zero attached hydrogens (tertiary/aromatic N) is 2. The highest BCUT2D eigenvalue weighted by Crippen LogP contribution is 2.38. The van der Waals surface area contributed by atoms with Crippen LogP contribution in [0, 0.1) is 10.1 Å². The van der Waals surface area contributed by atoms with Gasteiger partial charge >= 0.3 is 0 Å². The van der Waals surface area contributed by atoms with Gasteiger partial charge in [-0.15, -0.1) is 0 Å². The lowest BCUT2D eigenvalue weighted by Gasteiger charge is -2.38. The number of para-hydroxylation sites is 1. The fourth-order valence-electron chi connectivity index (χ4n) is 3.68. The van der Waals surface area contributed by atoms with E-state index in [1.54, 1.807) is 23.1 Å². The zero-order valence-corrected chi connectivity index (χ0v) is 17.1. The maximum Gasteiger partial charge on any atom is 0.269 e. The van der Waals surface area contributed by atoms with Gasteiger partial charge in [0.25, 0.3) is 11.6 Å². The standard InChI is InChI=1S/C24H23N3O3/c1-24(2,3)17-11-13-18(14-12-17)26-22(16-7-6-8-19(15-16)27(29)30)25-21-10-5-4-9-20(21)23(26)28/h4-15,22,25H,1-3H3/t22-/m1/s1. The lowest BCUT2D eigenvalue weighted by Crippen LogP contribution is -2.43. The first kappa shape index (κ1) is 19.6. The number of carbonyl (C=O) groups is 1. The van der Waals surface area contributed by atoms with Gasteiger partial charge in [-0.1, -0.05) is 57.2 Å². The minimum Gasteiger partial charge on any atom is -0.360 e. The summed E-state index contributed by atoms with van der Waals surface area (Å²) >= 11 is 0. The molecule has 6 nitrogen and oxygen atoms in total. The Labute approximate surface area is 175 Å². The zero-order chi connectivity index (χ0) is 21.5. The molecule has 0 spiro atoms. The molecule has 0 aromatic heterocycles. The molecule has 1 amide bonds. The van der Waals surface area contributed by atoms with E-state index in [1.165, 1.54) is 12.1 Å². The van der Waals surface area contributed by atoms with Crippen molar-refractivity contribution in [2.45, 2.75) is 32.4 Å². The third-order valence-corrected chi connectivity index (χ3v) is 5.33. The van der Waals surface area contributed by atoms with Gasteiger partial charge < -0.3 is 5.32 Å². The van der Waals surface area contributed by atoms with Crippen LogP contribution in [0.25, 0.3) is 0 Å². The number of benzene rings is 3. The number of fused-ring (bicyclic) bond motifs is 1. The Bertz CT molecular complexity index is 1120. The molecule has 0 fully saturated rings. The van der Waals surface area contributed by atoms with Crippen LogP contribution in [0.4, 0.5) is 17.1 Å². The Morgan fingerprint density at radius 2 is 1.67 bits per heavy atom. The highest BCUT2D eigenvalue weighted by atomic mass is 16.6. The first-order valence-corrected chi connectivity index (χ1v) is 9.80. The van der Waals surface area contributed by atoms with Crippen molar-refractivity contribution in [1.82, 2.24) is 0 Å². The van der Waals surface area contributed by atoms with Gasteiger partial charge in [0.2, 0.25) is 0 Å². The second-order valence-electron chi connectivity index (χ2n) is 8.42. The van der Waals surface area contributed by atoms with E-state index in [2.05, 4.69) is 26.1 Å². The van der Waals surface area contributed by atoms with E-state index in [0.717, 1.165) is 11.3 Å². The molecule has 1 N–H and O–H groups in total. The van der Waals surface area contributed by atoms with Crippen LogP contribution in [0.2, 0.25) is 0 Å². The van der Waals surface area contributed by atoms with E-state index in [0.29, 0.717) is 16.8 Å². The molecule has 0 saturated heterocycles. The first-order chi connectivity index (χ1) is 14.3. The smallest absolute Gasteiger partial charge is 0.269 e. The summed E-state index contributed by atoms with van der Waals surface area (Å²) in [4.78, 5) is 26.0. The van der Waals surface area contributed by atoms with Gasteiger partial charge in [0.05, 0.1) is 10.5 Å². The van der Waals surface area contributed by atoms with Crippen molar-refractivity contribution in [3.8, 4) is 0 Å². The molecule has 1 aliphatic heterocycles. The molecule has 0 unspecified atom stereocenters. The molecule has 30 heavy (non-hydrogen) atoms. The molecule has 0 aliphatic carbocycles. The minimum atomic E-state index is -0.562. The number of nitro benzene ring substituents is 1. The van der Waals surface area contributed by atoms with Crippen LogP contribution in [0.5, 0.6) is 0 Å². The average Bonchev–Trinajstić information content (AvgIpc) is 2.73. The molecule has 0 bridgehead atoms. The highest BCUT2D eigenvalue weighted by molar-refractivity contribution is 6.12. The van der Waals surface area contributed by atoms with Gasteiger partial charge in [0.1, 0.15) is 6.17 Å².